The molecule has 1 aromatic rings. The molecule has 0 radical (unpaired) electrons. The van der Waals surface area contributed by atoms with Crippen molar-refractivity contribution in [1.82, 2.24) is 4.90 Å². The molecule has 3 nitrogen and oxygen atoms in total. The molecular formula is C15H21N3S. The number of para-hydroxylation sites is 1. The Bertz CT molecular complexity index is 474. The van der Waals surface area contributed by atoms with Crippen LogP contribution in [-0.4, -0.2) is 35.1 Å². The van der Waals surface area contributed by atoms with Gasteiger partial charge in [0.15, 0.2) is 0 Å². The highest BCUT2D eigenvalue weighted by Gasteiger charge is 2.31. The minimum Gasteiger partial charge on any atom is -0.389 e. The molecule has 19 heavy (non-hydrogen) atoms. The fourth-order valence-electron chi connectivity index (χ4n) is 3.40. The first-order valence-corrected chi connectivity index (χ1v) is 7.54. The van der Waals surface area contributed by atoms with Gasteiger partial charge in [-0.3, -0.25) is 0 Å². The molecule has 3 rings (SSSR count). The third-order valence-corrected chi connectivity index (χ3v) is 4.59. The second-order valence-corrected chi connectivity index (χ2v) is 6.05. The predicted octanol–water partition coefficient (Wildman–Crippen LogP) is 2.36. The van der Waals surface area contributed by atoms with Crippen LogP contribution in [0.3, 0.4) is 0 Å². The van der Waals surface area contributed by atoms with Crippen LogP contribution in [0.15, 0.2) is 24.3 Å². The largest absolute Gasteiger partial charge is 0.389 e. The number of hydrogen-bond acceptors (Lipinski definition) is 3. The van der Waals surface area contributed by atoms with Gasteiger partial charge in [-0.25, -0.2) is 0 Å². The van der Waals surface area contributed by atoms with Gasteiger partial charge in [0.2, 0.25) is 0 Å². The predicted molar refractivity (Wildman–Crippen MR) is 83.6 cm³/mol. The van der Waals surface area contributed by atoms with E-state index < -0.39 is 0 Å². The molecule has 0 aliphatic carbocycles. The molecule has 2 heterocycles. The van der Waals surface area contributed by atoms with Crippen LogP contribution in [0.2, 0.25) is 0 Å². The lowest BCUT2D eigenvalue weighted by Gasteiger charge is -2.35. The Labute approximate surface area is 120 Å². The third kappa shape index (κ3) is 2.74. The van der Waals surface area contributed by atoms with E-state index in [2.05, 4.69) is 16.3 Å². The van der Waals surface area contributed by atoms with Crippen LogP contribution in [0.5, 0.6) is 0 Å². The summed E-state index contributed by atoms with van der Waals surface area (Å²) < 4.78 is 0. The SMILES string of the molecule is NC(=S)c1ccccc1NC1CCN2CCCC2C1. The molecule has 0 saturated carbocycles. The molecule has 0 bridgehead atoms. The van der Waals surface area contributed by atoms with Gasteiger partial charge in [-0.1, -0.05) is 24.4 Å². The molecular weight excluding hydrogens is 254 g/mol. The van der Waals surface area contributed by atoms with Gasteiger partial charge in [-0.2, -0.15) is 0 Å². The van der Waals surface area contributed by atoms with Crippen molar-refractivity contribution in [2.24, 2.45) is 5.73 Å². The maximum absolute atomic E-state index is 5.79. The van der Waals surface area contributed by atoms with Crippen molar-refractivity contribution in [1.29, 1.82) is 0 Å². The Hall–Kier alpha value is -1.13. The lowest BCUT2D eigenvalue weighted by atomic mass is 9.97. The van der Waals surface area contributed by atoms with Crippen molar-refractivity contribution < 1.29 is 0 Å². The van der Waals surface area contributed by atoms with Crippen LogP contribution >= 0.6 is 12.2 Å². The number of piperidine rings is 1. The van der Waals surface area contributed by atoms with Gasteiger partial charge in [0.25, 0.3) is 0 Å². The maximum atomic E-state index is 5.79. The number of nitrogens with zero attached hydrogens (tertiary/aromatic N) is 1. The standard InChI is InChI=1S/C15H21N3S/c16-15(19)13-5-1-2-6-14(13)17-11-7-9-18-8-3-4-12(18)10-11/h1-2,5-6,11-12,17H,3-4,7-10H2,(H2,16,19). The van der Waals surface area contributed by atoms with E-state index in [1.54, 1.807) is 0 Å². The van der Waals surface area contributed by atoms with Crippen molar-refractivity contribution in [2.45, 2.75) is 37.8 Å². The van der Waals surface area contributed by atoms with Crippen LogP contribution in [0.25, 0.3) is 0 Å². The number of nitrogens with two attached hydrogens (primary N) is 1. The molecule has 1 aromatic carbocycles. The fraction of sp³-hybridized carbons (Fsp3) is 0.533. The second-order valence-electron chi connectivity index (χ2n) is 5.61. The Morgan fingerprint density at radius 2 is 2.11 bits per heavy atom. The van der Waals surface area contributed by atoms with Gasteiger partial charge in [-0.15, -0.1) is 0 Å². The number of rotatable bonds is 3. The van der Waals surface area contributed by atoms with E-state index in [0.717, 1.165) is 17.3 Å². The van der Waals surface area contributed by atoms with Crippen LogP contribution in [0, 0.1) is 0 Å². The average Bonchev–Trinajstić information content (AvgIpc) is 2.86. The maximum Gasteiger partial charge on any atom is 0.106 e. The van der Waals surface area contributed by atoms with E-state index in [4.69, 9.17) is 18.0 Å². The van der Waals surface area contributed by atoms with Gasteiger partial charge < -0.3 is 16.0 Å². The van der Waals surface area contributed by atoms with Crippen LogP contribution in [0.4, 0.5) is 5.69 Å². The summed E-state index contributed by atoms with van der Waals surface area (Å²) in [4.78, 5) is 3.11. The van der Waals surface area contributed by atoms with Crippen molar-refractivity contribution in [3.63, 3.8) is 0 Å². The molecule has 2 aliphatic heterocycles. The van der Waals surface area contributed by atoms with E-state index >= 15 is 0 Å². The zero-order valence-corrected chi connectivity index (χ0v) is 12.0. The lowest BCUT2D eigenvalue weighted by Crippen LogP contribution is -2.42. The molecule has 2 atom stereocenters. The van der Waals surface area contributed by atoms with Gasteiger partial charge in [0.1, 0.15) is 4.99 Å². The Balaban J connectivity index is 1.70. The van der Waals surface area contributed by atoms with Crippen molar-refractivity contribution in [3.8, 4) is 0 Å². The summed E-state index contributed by atoms with van der Waals surface area (Å²) >= 11 is 5.12. The molecule has 102 valence electrons. The topological polar surface area (TPSA) is 41.3 Å². The van der Waals surface area contributed by atoms with E-state index in [1.165, 1.54) is 38.8 Å². The van der Waals surface area contributed by atoms with E-state index in [0.29, 0.717) is 11.0 Å². The highest BCUT2D eigenvalue weighted by Crippen LogP contribution is 2.29. The molecule has 4 heteroatoms. The molecule has 2 unspecified atom stereocenters. The molecule has 2 fully saturated rings. The number of hydrogen-bond donors (Lipinski definition) is 2. The zero-order valence-electron chi connectivity index (χ0n) is 11.1. The first kappa shape index (κ1) is 12.9. The highest BCUT2D eigenvalue weighted by molar-refractivity contribution is 7.80. The summed E-state index contributed by atoms with van der Waals surface area (Å²) in [5.41, 5.74) is 7.84. The monoisotopic (exact) mass is 275 g/mol. The van der Waals surface area contributed by atoms with Crippen molar-refractivity contribution in [3.05, 3.63) is 29.8 Å². The van der Waals surface area contributed by atoms with E-state index in [9.17, 15) is 0 Å². The van der Waals surface area contributed by atoms with Gasteiger partial charge in [0, 0.05) is 29.9 Å². The minimum absolute atomic E-state index is 0.474. The number of fused-ring (bicyclic) bond motifs is 1. The lowest BCUT2D eigenvalue weighted by molar-refractivity contribution is 0.188. The van der Waals surface area contributed by atoms with E-state index in [-0.39, 0.29) is 0 Å². The molecule has 0 aromatic heterocycles. The number of nitrogens with one attached hydrogen (secondary N) is 1. The van der Waals surface area contributed by atoms with Crippen molar-refractivity contribution in [2.75, 3.05) is 18.4 Å². The van der Waals surface area contributed by atoms with Gasteiger partial charge in [0.05, 0.1) is 0 Å². The molecule has 0 amide bonds. The quantitative estimate of drug-likeness (QED) is 0.831. The smallest absolute Gasteiger partial charge is 0.106 e. The summed E-state index contributed by atoms with van der Waals surface area (Å²) in [5, 5.41) is 3.65. The summed E-state index contributed by atoms with van der Waals surface area (Å²) in [6.07, 6.45) is 5.17. The summed E-state index contributed by atoms with van der Waals surface area (Å²) in [5.74, 6) is 0. The van der Waals surface area contributed by atoms with Crippen LogP contribution < -0.4 is 11.1 Å². The normalized spacial score (nSPS) is 26.9. The summed E-state index contributed by atoms with van der Waals surface area (Å²) in [6, 6.07) is 9.43. The number of anilines is 1. The van der Waals surface area contributed by atoms with E-state index in [1.807, 2.05) is 18.2 Å². The Morgan fingerprint density at radius 1 is 1.26 bits per heavy atom. The first-order valence-electron chi connectivity index (χ1n) is 7.13. The number of benzene rings is 1. The second kappa shape index (κ2) is 5.47. The number of thiocarbonyl (C=S) groups is 1. The molecule has 3 N–H and O–H groups in total. The van der Waals surface area contributed by atoms with Gasteiger partial charge in [-0.05, 0) is 44.4 Å². The third-order valence-electron chi connectivity index (χ3n) is 4.37. The summed E-state index contributed by atoms with van der Waals surface area (Å²) in [7, 11) is 0. The average molecular weight is 275 g/mol. The minimum atomic E-state index is 0.474. The zero-order chi connectivity index (χ0) is 13.2. The highest BCUT2D eigenvalue weighted by atomic mass is 32.1. The Morgan fingerprint density at radius 3 is 2.95 bits per heavy atom. The van der Waals surface area contributed by atoms with Crippen LogP contribution in [0.1, 0.15) is 31.2 Å². The molecule has 2 aliphatic rings. The first-order chi connectivity index (χ1) is 9.24. The molecule has 0 spiro atoms. The van der Waals surface area contributed by atoms with Crippen molar-refractivity contribution >= 4 is 22.9 Å². The fourth-order valence-corrected chi connectivity index (χ4v) is 3.58. The van der Waals surface area contributed by atoms with Gasteiger partial charge >= 0.3 is 0 Å². The van der Waals surface area contributed by atoms with Crippen LogP contribution in [-0.2, 0) is 0 Å². The molecule has 2 saturated heterocycles. The Kier molecular flexibility index (Phi) is 3.71. The summed E-state index contributed by atoms with van der Waals surface area (Å²) in [6.45, 7) is 2.51.